The fourth-order valence-electron chi connectivity index (χ4n) is 2.31. The van der Waals surface area contributed by atoms with Gasteiger partial charge in [0.05, 0.1) is 0 Å². The number of aliphatic hydroxyl groups is 1. The van der Waals surface area contributed by atoms with Crippen molar-refractivity contribution in [3.63, 3.8) is 0 Å². The summed E-state index contributed by atoms with van der Waals surface area (Å²) in [7, 11) is 0. The number of rotatable bonds is 7. The van der Waals surface area contributed by atoms with Crippen molar-refractivity contribution in [1.29, 1.82) is 0 Å². The van der Waals surface area contributed by atoms with Crippen LogP contribution in [0.2, 0.25) is 0 Å². The first-order valence-electron chi connectivity index (χ1n) is 6.98. The second-order valence-corrected chi connectivity index (χ2v) is 5.66. The number of hydrogen-bond acceptors (Lipinski definition) is 2. The first kappa shape index (κ1) is 15.2. The molecule has 0 radical (unpaired) electrons. The Hall–Kier alpha value is -0.860. The Kier molecular flexibility index (Phi) is 6.37. The SMILES string of the molecule is CC(C)C(CCO)NC(c1ccccc1)C(C)C. The van der Waals surface area contributed by atoms with Crippen molar-refractivity contribution in [3.8, 4) is 0 Å². The molecule has 18 heavy (non-hydrogen) atoms. The third kappa shape index (κ3) is 4.43. The summed E-state index contributed by atoms with van der Waals surface area (Å²) < 4.78 is 0. The first-order valence-corrected chi connectivity index (χ1v) is 6.98. The molecule has 0 saturated carbocycles. The highest BCUT2D eigenvalue weighted by Crippen LogP contribution is 2.23. The van der Waals surface area contributed by atoms with Gasteiger partial charge in [-0.3, -0.25) is 0 Å². The van der Waals surface area contributed by atoms with Crippen LogP contribution in [0.3, 0.4) is 0 Å². The maximum Gasteiger partial charge on any atom is 0.0445 e. The second kappa shape index (κ2) is 7.55. The highest BCUT2D eigenvalue weighted by atomic mass is 16.3. The minimum Gasteiger partial charge on any atom is -0.396 e. The molecular formula is C16H27NO. The molecule has 2 atom stereocenters. The Bertz CT molecular complexity index is 321. The molecule has 2 N–H and O–H groups in total. The van der Waals surface area contributed by atoms with E-state index in [1.807, 2.05) is 0 Å². The topological polar surface area (TPSA) is 32.3 Å². The Morgan fingerprint density at radius 2 is 1.61 bits per heavy atom. The predicted molar refractivity (Wildman–Crippen MR) is 77.5 cm³/mol. The van der Waals surface area contributed by atoms with Gasteiger partial charge in [-0.2, -0.15) is 0 Å². The lowest BCUT2D eigenvalue weighted by Gasteiger charge is -2.31. The zero-order valence-corrected chi connectivity index (χ0v) is 12.1. The quantitative estimate of drug-likeness (QED) is 0.776. The summed E-state index contributed by atoms with van der Waals surface area (Å²) in [4.78, 5) is 0. The van der Waals surface area contributed by atoms with Crippen molar-refractivity contribution in [2.75, 3.05) is 6.61 Å². The fourth-order valence-corrected chi connectivity index (χ4v) is 2.31. The molecule has 1 rings (SSSR count). The van der Waals surface area contributed by atoms with Crippen LogP contribution in [0, 0.1) is 11.8 Å². The zero-order chi connectivity index (χ0) is 13.5. The van der Waals surface area contributed by atoms with Gasteiger partial charge in [0.25, 0.3) is 0 Å². The molecule has 0 fully saturated rings. The standard InChI is InChI=1S/C16H27NO/c1-12(2)15(10-11-18)17-16(13(3)4)14-8-6-5-7-9-14/h5-9,12-13,15-18H,10-11H2,1-4H3. The van der Waals surface area contributed by atoms with E-state index in [9.17, 15) is 0 Å². The molecule has 0 spiro atoms. The average molecular weight is 249 g/mol. The lowest BCUT2D eigenvalue weighted by Crippen LogP contribution is -2.39. The third-order valence-electron chi connectivity index (χ3n) is 3.46. The number of nitrogens with one attached hydrogen (secondary N) is 1. The van der Waals surface area contributed by atoms with Crippen LogP contribution in [-0.4, -0.2) is 17.8 Å². The molecule has 1 aromatic rings. The van der Waals surface area contributed by atoms with E-state index < -0.39 is 0 Å². The minimum absolute atomic E-state index is 0.245. The molecule has 0 aromatic heterocycles. The monoisotopic (exact) mass is 249 g/mol. The normalized spacial score (nSPS) is 15.1. The summed E-state index contributed by atoms with van der Waals surface area (Å²) in [5, 5.41) is 12.9. The molecule has 2 unspecified atom stereocenters. The van der Waals surface area contributed by atoms with Crippen LogP contribution in [0.4, 0.5) is 0 Å². The van der Waals surface area contributed by atoms with Crippen molar-refractivity contribution in [2.45, 2.75) is 46.2 Å². The maximum atomic E-state index is 9.17. The Labute approximate surface area is 111 Å². The number of hydrogen-bond donors (Lipinski definition) is 2. The molecule has 0 amide bonds. The maximum absolute atomic E-state index is 9.17. The highest BCUT2D eigenvalue weighted by Gasteiger charge is 2.21. The Morgan fingerprint density at radius 3 is 2.06 bits per heavy atom. The van der Waals surface area contributed by atoms with Gasteiger partial charge in [-0.1, -0.05) is 58.0 Å². The van der Waals surface area contributed by atoms with Crippen LogP contribution in [0.5, 0.6) is 0 Å². The highest BCUT2D eigenvalue weighted by molar-refractivity contribution is 5.19. The fraction of sp³-hybridized carbons (Fsp3) is 0.625. The van der Waals surface area contributed by atoms with Crippen molar-refractivity contribution in [3.05, 3.63) is 35.9 Å². The smallest absolute Gasteiger partial charge is 0.0445 e. The summed E-state index contributed by atoms with van der Waals surface area (Å²) >= 11 is 0. The molecule has 0 aliphatic heterocycles. The van der Waals surface area contributed by atoms with Gasteiger partial charge < -0.3 is 10.4 Å². The van der Waals surface area contributed by atoms with Gasteiger partial charge in [-0.25, -0.2) is 0 Å². The second-order valence-electron chi connectivity index (χ2n) is 5.66. The lowest BCUT2D eigenvalue weighted by atomic mass is 9.92. The minimum atomic E-state index is 0.245. The molecule has 2 nitrogen and oxygen atoms in total. The molecular weight excluding hydrogens is 222 g/mol. The van der Waals surface area contributed by atoms with Crippen molar-refractivity contribution in [1.82, 2.24) is 5.32 Å². The molecule has 0 bridgehead atoms. The van der Waals surface area contributed by atoms with Crippen molar-refractivity contribution < 1.29 is 5.11 Å². The summed E-state index contributed by atoms with van der Waals surface area (Å²) in [5.74, 6) is 1.06. The first-order chi connectivity index (χ1) is 8.56. The van der Waals surface area contributed by atoms with Crippen molar-refractivity contribution >= 4 is 0 Å². The Morgan fingerprint density at radius 1 is 1.00 bits per heavy atom. The van der Waals surface area contributed by atoms with Crippen LogP contribution < -0.4 is 5.32 Å². The lowest BCUT2D eigenvalue weighted by molar-refractivity contribution is 0.224. The van der Waals surface area contributed by atoms with E-state index in [0.717, 1.165) is 6.42 Å². The zero-order valence-electron chi connectivity index (χ0n) is 12.1. The van der Waals surface area contributed by atoms with Gasteiger partial charge >= 0.3 is 0 Å². The Balaban J connectivity index is 2.80. The molecule has 0 aliphatic rings. The number of benzene rings is 1. The summed E-state index contributed by atoms with van der Waals surface area (Å²) in [6.45, 7) is 9.13. The summed E-state index contributed by atoms with van der Waals surface area (Å²) in [6, 6.07) is 11.3. The summed E-state index contributed by atoms with van der Waals surface area (Å²) in [6.07, 6.45) is 0.813. The summed E-state index contributed by atoms with van der Waals surface area (Å²) in [5.41, 5.74) is 1.33. The van der Waals surface area contributed by atoms with E-state index in [1.165, 1.54) is 5.56 Å². The van der Waals surface area contributed by atoms with Crippen LogP contribution in [0.15, 0.2) is 30.3 Å². The third-order valence-corrected chi connectivity index (χ3v) is 3.46. The van der Waals surface area contributed by atoms with Gasteiger partial charge in [0, 0.05) is 18.7 Å². The van der Waals surface area contributed by atoms with Crippen LogP contribution in [0.25, 0.3) is 0 Å². The van der Waals surface area contributed by atoms with E-state index in [4.69, 9.17) is 5.11 Å². The van der Waals surface area contributed by atoms with Crippen molar-refractivity contribution in [2.24, 2.45) is 11.8 Å². The van der Waals surface area contributed by atoms with Gasteiger partial charge in [0.15, 0.2) is 0 Å². The molecule has 0 aliphatic carbocycles. The average Bonchev–Trinajstić information content (AvgIpc) is 2.34. The van der Waals surface area contributed by atoms with Gasteiger partial charge in [0.2, 0.25) is 0 Å². The van der Waals surface area contributed by atoms with Crippen LogP contribution in [-0.2, 0) is 0 Å². The van der Waals surface area contributed by atoms with Gasteiger partial charge in [-0.15, -0.1) is 0 Å². The van der Waals surface area contributed by atoms with E-state index >= 15 is 0 Å². The van der Waals surface area contributed by atoms with E-state index in [2.05, 4.69) is 63.3 Å². The number of aliphatic hydroxyl groups excluding tert-OH is 1. The largest absolute Gasteiger partial charge is 0.396 e. The van der Waals surface area contributed by atoms with Gasteiger partial charge in [0.1, 0.15) is 0 Å². The van der Waals surface area contributed by atoms with Crippen LogP contribution in [0.1, 0.15) is 45.7 Å². The molecule has 102 valence electrons. The molecule has 0 heterocycles. The van der Waals surface area contributed by atoms with Gasteiger partial charge in [-0.05, 0) is 23.8 Å². The van der Waals surface area contributed by atoms with E-state index in [1.54, 1.807) is 0 Å². The van der Waals surface area contributed by atoms with E-state index in [-0.39, 0.29) is 6.61 Å². The molecule has 1 aromatic carbocycles. The van der Waals surface area contributed by atoms with Crippen LogP contribution >= 0.6 is 0 Å². The molecule has 2 heteroatoms. The van der Waals surface area contributed by atoms with E-state index in [0.29, 0.717) is 23.9 Å². The predicted octanol–water partition coefficient (Wildman–Crippen LogP) is 3.38. The molecule has 0 saturated heterocycles.